The smallest absolute Gasteiger partial charge is 0.221 e. The van der Waals surface area contributed by atoms with Crippen LogP contribution in [0.25, 0.3) is 10.9 Å². The first-order chi connectivity index (χ1) is 12.1. The number of aromatic amines is 1. The van der Waals surface area contributed by atoms with Crippen LogP contribution >= 0.6 is 11.6 Å². The molecule has 3 aromatic rings. The van der Waals surface area contributed by atoms with Gasteiger partial charge in [0, 0.05) is 47.3 Å². The van der Waals surface area contributed by atoms with Crippen molar-refractivity contribution in [2.45, 2.75) is 19.8 Å². The van der Waals surface area contributed by atoms with Crippen LogP contribution in [0.3, 0.4) is 0 Å². The number of nitrogens with one attached hydrogen (secondary N) is 3. The molecule has 25 heavy (non-hydrogen) atoms. The fourth-order valence-corrected chi connectivity index (χ4v) is 2.97. The molecule has 0 spiro atoms. The second-order valence-corrected chi connectivity index (χ2v) is 6.51. The van der Waals surface area contributed by atoms with E-state index >= 15 is 0 Å². The average molecular weight is 356 g/mol. The Morgan fingerprint density at radius 1 is 1.16 bits per heavy atom. The van der Waals surface area contributed by atoms with Gasteiger partial charge in [0.15, 0.2) is 0 Å². The van der Waals surface area contributed by atoms with Gasteiger partial charge in [-0.2, -0.15) is 0 Å². The second-order valence-electron chi connectivity index (χ2n) is 6.10. The van der Waals surface area contributed by atoms with Gasteiger partial charge < -0.3 is 15.6 Å². The zero-order valence-electron chi connectivity index (χ0n) is 14.2. The number of rotatable bonds is 7. The molecular formula is C20H22ClN3O. The Kier molecular flexibility index (Phi) is 5.61. The highest BCUT2D eigenvalue weighted by atomic mass is 35.5. The molecule has 0 saturated carbocycles. The van der Waals surface area contributed by atoms with Crippen molar-refractivity contribution in [3.8, 4) is 0 Å². The lowest BCUT2D eigenvalue weighted by Crippen LogP contribution is -2.27. The van der Waals surface area contributed by atoms with E-state index < -0.39 is 0 Å². The topological polar surface area (TPSA) is 56.9 Å². The highest BCUT2D eigenvalue weighted by Gasteiger charge is 2.05. The van der Waals surface area contributed by atoms with Crippen molar-refractivity contribution in [3.05, 3.63) is 64.8 Å². The number of carbonyl (C=O) groups excluding carboxylic acids is 1. The number of H-pyrrole nitrogens is 1. The lowest BCUT2D eigenvalue weighted by molar-refractivity contribution is -0.120. The molecule has 0 radical (unpaired) electrons. The summed E-state index contributed by atoms with van der Waals surface area (Å²) in [5, 5.41) is 8.14. The number of fused-ring (bicyclic) bond motifs is 1. The van der Waals surface area contributed by atoms with Crippen molar-refractivity contribution in [2.24, 2.45) is 0 Å². The summed E-state index contributed by atoms with van der Waals surface area (Å²) in [4.78, 5) is 15.2. The molecule has 0 aliphatic heterocycles. The Hall–Kier alpha value is -2.46. The number of para-hydroxylation sites is 1. The molecule has 0 atom stereocenters. The SMILES string of the molecule is Cc1ccc(NCCC(=O)NCCc2c[nH]c3ccccc23)cc1Cl. The second kappa shape index (κ2) is 8.08. The van der Waals surface area contributed by atoms with Crippen LogP contribution in [0.1, 0.15) is 17.5 Å². The molecule has 1 amide bonds. The number of aryl methyl sites for hydroxylation is 1. The predicted octanol–water partition coefficient (Wildman–Crippen LogP) is 4.29. The van der Waals surface area contributed by atoms with Gasteiger partial charge >= 0.3 is 0 Å². The number of anilines is 1. The Labute approximate surface area is 152 Å². The summed E-state index contributed by atoms with van der Waals surface area (Å²) < 4.78 is 0. The van der Waals surface area contributed by atoms with E-state index in [1.807, 2.05) is 43.5 Å². The molecular weight excluding hydrogens is 334 g/mol. The standard InChI is InChI=1S/C20H22ClN3O/c1-14-6-7-16(12-18(14)21)22-11-9-20(25)23-10-8-15-13-24-19-5-3-2-4-17(15)19/h2-7,12-13,22,24H,8-11H2,1H3,(H,23,25). The Balaban J connectivity index is 1.40. The Morgan fingerprint density at radius 3 is 2.84 bits per heavy atom. The molecule has 0 saturated heterocycles. The van der Waals surface area contributed by atoms with Gasteiger partial charge in [0.2, 0.25) is 5.91 Å². The molecule has 5 heteroatoms. The molecule has 3 N–H and O–H groups in total. The normalized spacial score (nSPS) is 10.8. The van der Waals surface area contributed by atoms with Gasteiger partial charge in [-0.1, -0.05) is 35.9 Å². The fourth-order valence-electron chi connectivity index (χ4n) is 2.79. The van der Waals surface area contributed by atoms with Crippen LogP contribution < -0.4 is 10.6 Å². The quantitative estimate of drug-likeness (QED) is 0.592. The van der Waals surface area contributed by atoms with Crippen LogP contribution in [0.2, 0.25) is 5.02 Å². The van der Waals surface area contributed by atoms with Gasteiger partial charge in [-0.25, -0.2) is 0 Å². The van der Waals surface area contributed by atoms with E-state index in [-0.39, 0.29) is 5.91 Å². The van der Waals surface area contributed by atoms with Crippen LogP contribution in [-0.2, 0) is 11.2 Å². The lowest BCUT2D eigenvalue weighted by Gasteiger charge is -2.08. The predicted molar refractivity (Wildman–Crippen MR) is 104 cm³/mol. The largest absolute Gasteiger partial charge is 0.384 e. The van der Waals surface area contributed by atoms with Gasteiger partial charge in [-0.3, -0.25) is 4.79 Å². The molecule has 0 aliphatic carbocycles. The number of halogens is 1. The third-order valence-corrected chi connectivity index (χ3v) is 4.65. The maximum absolute atomic E-state index is 12.0. The molecule has 4 nitrogen and oxygen atoms in total. The number of hydrogen-bond acceptors (Lipinski definition) is 2. The summed E-state index contributed by atoms with van der Waals surface area (Å²) in [6, 6.07) is 14.0. The number of amides is 1. The van der Waals surface area contributed by atoms with E-state index in [1.54, 1.807) is 0 Å². The monoisotopic (exact) mass is 355 g/mol. The molecule has 2 aromatic carbocycles. The van der Waals surface area contributed by atoms with E-state index in [0.29, 0.717) is 19.5 Å². The highest BCUT2D eigenvalue weighted by molar-refractivity contribution is 6.31. The molecule has 1 aromatic heterocycles. The summed E-state index contributed by atoms with van der Waals surface area (Å²) in [5.74, 6) is 0.0468. The number of carbonyl (C=O) groups is 1. The number of hydrogen-bond donors (Lipinski definition) is 3. The summed E-state index contributed by atoms with van der Waals surface area (Å²) >= 11 is 6.09. The zero-order chi connectivity index (χ0) is 17.6. The van der Waals surface area contributed by atoms with Crippen LogP contribution in [0.5, 0.6) is 0 Å². The summed E-state index contributed by atoms with van der Waals surface area (Å²) in [5.41, 5.74) is 4.33. The third-order valence-electron chi connectivity index (χ3n) is 4.24. The first-order valence-electron chi connectivity index (χ1n) is 8.45. The Morgan fingerprint density at radius 2 is 2.00 bits per heavy atom. The minimum atomic E-state index is 0.0468. The van der Waals surface area contributed by atoms with Crippen LogP contribution in [0, 0.1) is 6.92 Å². The van der Waals surface area contributed by atoms with E-state index in [9.17, 15) is 4.79 Å². The molecule has 0 unspecified atom stereocenters. The fraction of sp³-hybridized carbons (Fsp3) is 0.250. The zero-order valence-corrected chi connectivity index (χ0v) is 15.0. The first kappa shape index (κ1) is 17.4. The third kappa shape index (κ3) is 4.54. The van der Waals surface area contributed by atoms with Crippen molar-refractivity contribution in [2.75, 3.05) is 18.4 Å². The minimum Gasteiger partial charge on any atom is -0.384 e. The lowest BCUT2D eigenvalue weighted by atomic mass is 10.1. The van der Waals surface area contributed by atoms with Crippen molar-refractivity contribution in [1.82, 2.24) is 10.3 Å². The van der Waals surface area contributed by atoms with E-state index in [2.05, 4.69) is 27.8 Å². The number of aromatic nitrogens is 1. The van der Waals surface area contributed by atoms with Gasteiger partial charge in [-0.05, 0) is 42.7 Å². The van der Waals surface area contributed by atoms with Crippen LogP contribution in [0.15, 0.2) is 48.7 Å². The van der Waals surface area contributed by atoms with Gasteiger partial charge in [0.05, 0.1) is 0 Å². The van der Waals surface area contributed by atoms with Crippen LogP contribution in [0.4, 0.5) is 5.69 Å². The van der Waals surface area contributed by atoms with Crippen molar-refractivity contribution >= 4 is 34.1 Å². The van der Waals surface area contributed by atoms with Gasteiger partial charge in [0.1, 0.15) is 0 Å². The van der Waals surface area contributed by atoms with E-state index in [1.165, 1.54) is 10.9 Å². The molecule has 0 bridgehead atoms. The van der Waals surface area contributed by atoms with Crippen molar-refractivity contribution in [1.29, 1.82) is 0 Å². The number of benzene rings is 2. The van der Waals surface area contributed by atoms with Gasteiger partial charge in [0.25, 0.3) is 0 Å². The summed E-state index contributed by atoms with van der Waals surface area (Å²) in [6.45, 7) is 3.18. The molecule has 130 valence electrons. The molecule has 0 aliphatic rings. The van der Waals surface area contributed by atoms with E-state index in [4.69, 9.17) is 11.6 Å². The average Bonchev–Trinajstić information content (AvgIpc) is 3.01. The van der Waals surface area contributed by atoms with Crippen molar-refractivity contribution < 1.29 is 4.79 Å². The highest BCUT2D eigenvalue weighted by Crippen LogP contribution is 2.20. The first-order valence-corrected chi connectivity index (χ1v) is 8.83. The molecule has 1 heterocycles. The maximum Gasteiger partial charge on any atom is 0.221 e. The maximum atomic E-state index is 12.0. The summed E-state index contributed by atoms with van der Waals surface area (Å²) in [7, 11) is 0. The van der Waals surface area contributed by atoms with Gasteiger partial charge in [-0.15, -0.1) is 0 Å². The van der Waals surface area contributed by atoms with Crippen molar-refractivity contribution in [3.63, 3.8) is 0 Å². The minimum absolute atomic E-state index is 0.0468. The summed E-state index contributed by atoms with van der Waals surface area (Å²) in [6.07, 6.45) is 3.26. The van der Waals surface area contributed by atoms with E-state index in [0.717, 1.165) is 28.2 Å². The Bertz CT molecular complexity index is 872. The molecule has 0 fully saturated rings. The molecule has 3 rings (SSSR count). The van der Waals surface area contributed by atoms with Crippen LogP contribution in [-0.4, -0.2) is 24.0 Å².